The van der Waals surface area contributed by atoms with E-state index in [1.165, 1.54) is 11.3 Å². The van der Waals surface area contributed by atoms with E-state index in [0.717, 1.165) is 12.8 Å². The molecule has 2 aromatic heterocycles. The lowest BCUT2D eigenvalue weighted by molar-refractivity contribution is 0.426. The highest BCUT2D eigenvalue weighted by Gasteiger charge is 2.12. The fourth-order valence-corrected chi connectivity index (χ4v) is 2.36. The molecule has 0 fully saturated rings. The summed E-state index contributed by atoms with van der Waals surface area (Å²) in [4.78, 5) is 4.20. The Kier molecular flexibility index (Phi) is 4.94. The molecular weight excluding hydrogens is 246 g/mol. The molecule has 3 heteroatoms. The van der Waals surface area contributed by atoms with Crippen molar-refractivity contribution in [2.75, 3.05) is 0 Å². The Labute approximate surface area is 122 Å². The van der Waals surface area contributed by atoms with Crippen molar-refractivity contribution in [1.82, 2.24) is 14.8 Å². The van der Waals surface area contributed by atoms with E-state index in [9.17, 15) is 0 Å². The second-order valence-corrected chi connectivity index (χ2v) is 5.99. The molecule has 2 heterocycles. The van der Waals surface area contributed by atoms with E-state index in [1.54, 1.807) is 0 Å². The molecule has 0 aliphatic carbocycles. The van der Waals surface area contributed by atoms with Crippen molar-refractivity contribution >= 4 is 0 Å². The Balaban J connectivity index is 1.90. The SMILES string of the molecule is CC(C)c1ccn(C(C)CCC(C)c2cccnc2)n1. The molecular formula is C17H25N3. The molecule has 108 valence electrons. The molecule has 3 nitrogen and oxygen atoms in total. The third kappa shape index (κ3) is 3.69. The lowest BCUT2D eigenvalue weighted by atomic mass is 9.96. The van der Waals surface area contributed by atoms with Crippen LogP contribution in [0.1, 0.15) is 69.7 Å². The first-order valence-electron chi connectivity index (χ1n) is 7.53. The zero-order chi connectivity index (χ0) is 14.5. The highest BCUT2D eigenvalue weighted by Crippen LogP contribution is 2.24. The molecule has 2 unspecified atom stereocenters. The van der Waals surface area contributed by atoms with Crippen LogP contribution in [0.25, 0.3) is 0 Å². The zero-order valence-electron chi connectivity index (χ0n) is 13.0. The third-order valence-corrected chi connectivity index (χ3v) is 3.94. The topological polar surface area (TPSA) is 30.7 Å². The van der Waals surface area contributed by atoms with Gasteiger partial charge in [-0.05, 0) is 49.3 Å². The standard InChI is InChI=1S/C17H25N3/c1-13(2)17-9-11-20(19-17)15(4)8-7-14(3)16-6-5-10-18-12-16/h5-6,9-15H,7-8H2,1-4H3. The van der Waals surface area contributed by atoms with Crippen LogP contribution in [0.2, 0.25) is 0 Å². The van der Waals surface area contributed by atoms with Gasteiger partial charge in [0.25, 0.3) is 0 Å². The zero-order valence-corrected chi connectivity index (χ0v) is 13.0. The van der Waals surface area contributed by atoms with Gasteiger partial charge in [-0.25, -0.2) is 0 Å². The van der Waals surface area contributed by atoms with E-state index < -0.39 is 0 Å². The first kappa shape index (κ1) is 14.8. The molecule has 0 aliphatic heterocycles. The Bertz CT molecular complexity index is 516. The van der Waals surface area contributed by atoms with Crippen molar-refractivity contribution in [2.45, 2.75) is 58.4 Å². The number of aromatic nitrogens is 3. The summed E-state index contributed by atoms with van der Waals surface area (Å²) in [7, 11) is 0. The van der Waals surface area contributed by atoms with Crippen LogP contribution in [0.4, 0.5) is 0 Å². The van der Waals surface area contributed by atoms with Crippen molar-refractivity contribution in [1.29, 1.82) is 0 Å². The van der Waals surface area contributed by atoms with Crippen LogP contribution in [0.3, 0.4) is 0 Å². The van der Waals surface area contributed by atoms with Gasteiger partial charge >= 0.3 is 0 Å². The summed E-state index contributed by atoms with van der Waals surface area (Å²) in [5, 5.41) is 4.66. The first-order chi connectivity index (χ1) is 9.58. The van der Waals surface area contributed by atoms with E-state index >= 15 is 0 Å². The van der Waals surface area contributed by atoms with Gasteiger partial charge in [-0.3, -0.25) is 9.67 Å². The molecule has 2 rings (SSSR count). The van der Waals surface area contributed by atoms with E-state index in [2.05, 4.69) is 60.8 Å². The molecule has 0 aliphatic rings. The van der Waals surface area contributed by atoms with Crippen LogP contribution in [-0.2, 0) is 0 Å². The predicted molar refractivity (Wildman–Crippen MR) is 82.9 cm³/mol. The maximum atomic E-state index is 4.66. The highest BCUT2D eigenvalue weighted by atomic mass is 15.3. The predicted octanol–water partition coefficient (Wildman–Crippen LogP) is 4.55. The molecule has 0 spiro atoms. The molecule has 0 radical (unpaired) electrons. The Hall–Kier alpha value is -1.64. The summed E-state index contributed by atoms with van der Waals surface area (Å²) in [6.45, 7) is 8.88. The molecule has 2 aromatic rings. The van der Waals surface area contributed by atoms with Gasteiger partial charge in [0.1, 0.15) is 0 Å². The Morgan fingerprint density at radius 3 is 2.50 bits per heavy atom. The smallest absolute Gasteiger partial charge is 0.0650 e. The molecule has 2 atom stereocenters. The minimum absolute atomic E-state index is 0.446. The number of hydrogen-bond donors (Lipinski definition) is 0. The van der Waals surface area contributed by atoms with Gasteiger partial charge in [-0.2, -0.15) is 5.10 Å². The van der Waals surface area contributed by atoms with E-state index in [-0.39, 0.29) is 0 Å². The molecule has 0 aromatic carbocycles. The van der Waals surface area contributed by atoms with E-state index in [4.69, 9.17) is 0 Å². The Morgan fingerprint density at radius 2 is 1.90 bits per heavy atom. The molecule has 0 bridgehead atoms. The van der Waals surface area contributed by atoms with Crippen LogP contribution in [0.5, 0.6) is 0 Å². The fraction of sp³-hybridized carbons (Fsp3) is 0.529. The van der Waals surface area contributed by atoms with Crippen LogP contribution in [-0.4, -0.2) is 14.8 Å². The third-order valence-electron chi connectivity index (χ3n) is 3.94. The van der Waals surface area contributed by atoms with Crippen molar-refractivity contribution in [3.05, 3.63) is 48.0 Å². The van der Waals surface area contributed by atoms with Gasteiger partial charge in [0.15, 0.2) is 0 Å². The highest BCUT2D eigenvalue weighted by molar-refractivity contribution is 5.13. The van der Waals surface area contributed by atoms with Crippen LogP contribution >= 0.6 is 0 Å². The number of pyridine rings is 1. The average molecular weight is 271 g/mol. The van der Waals surface area contributed by atoms with Gasteiger partial charge in [-0.15, -0.1) is 0 Å². The van der Waals surface area contributed by atoms with Crippen molar-refractivity contribution < 1.29 is 0 Å². The molecule has 0 saturated carbocycles. The normalized spacial score (nSPS) is 14.4. The number of nitrogens with zero attached hydrogens (tertiary/aromatic N) is 3. The summed E-state index contributed by atoms with van der Waals surface area (Å²) < 4.78 is 2.10. The maximum absolute atomic E-state index is 4.66. The van der Waals surface area contributed by atoms with Crippen molar-refractivity contribution in [2.24, 2.45) is 0 Å². The summed E-state index contributed by atoms with van der Waals surface area (Å²) in [6, 6.07) is 6.75. The monoisotopic (exact) mass is 271 g/mol. The van der Waals surface area contributed by atoms with E-state index in [1.807, 2.05) is 18.5 Å². The number of rotatable bonds is 6. The van der Waals surface area contributed by atoms with Crippen LogP contribution in [0, 0.1) is 0 Å². The van der Waals surface area contributed by atoms with Crippen LogP contribution in [0.15, 0.2) is 36.8 Å². The summed E-state index contributed by atoms with van der Waals surface area (Å²) in [6.07, 6.45) is 8.20. The van der Waals surface area contributed by atoms with Crippen molar-refractivity contribution in [3.63, 3.8) is 0 Å². The van der Waals surface area contributed by atoms with Gasteiger partial charge in [0.05, 0.1) is 5.69 Å². The molecule has 0 N–H and O–H groups in total. The lowest BCUT2D eigenvalue weighted by Crippen LogP contribution is -2.08. The summed E-state index contributed by atoms with van der Waals surface area (Å²) in [5.41, 5.74) is 2.50. The van der Waals surface area contributed by atoms with Crippen molar-refractivity contribution in [3.8, 4) is 0 Å². The minimum atomic E-state index is 0.446. The molecule has 0 saturated heterocycles. The van der Waals surface area contributed by atoms with Gasteiger partial charge in [0, 0.05) is 24.6 Å². The number of hydrogen-bond acceptors (Lipinski definition) is 2. The van der Waals surface area contributed by atoms with Gasteiger partial charge in [-0.1, -0.05) is 26.8 Å². The fourth-order valence-electron chi connectivity index (χ4n) is 2.36. The first-order valence-corrected chi connectivity index (χ1v) is 7.53. The van der Waals surface area contributed by atoms with Gasteiger partial charge in [0.2, 0.25) is 0 Å². The molecule has 20 heavy (non-hydrogen) atoms. The second kappa shape index (κ2) is 6.69. The second-order valence-electron chi connectivity index (χ2n) is 5.99. The lowest BCUT2D eigenvalue weighted by Gasteiger charge is -2.16. The molecule has 0 amide bonds. The average Bonchev–Trinajstić information content (AvgIpc) is 2.95. The van der Waals surface area contributed by atoms with Gasteiger partial charge < -0.3 is 0 Å². The van der Waals surface area contributed by atoms with E-state index in [0.29, 0.717) is 17.9 Å². The summed E-state index contributed by atoms with van der Waals surface area (Å²) >= 11 is 0. The largest absolute Gasteiger partial charge is 0.270 e. The summed E-state index contributed by atoms with van der Waals surface area (Å²) in [5.74, 6) is 1.05. The minimum Gasteiger partial charge on any atom is -0.270 e. The maximum Gasteiger partial charge on any atom is 0.0650 e. The van der Waals surface area contributed by atoms with Crippen LogP contribution < -0.4 is 0 Å². The Morgan fingerprint density at radius 1 is 1.10 bits per heavy atom. The quantitative estimate of drug-likeness (QED) is 0.772.